The summed E-state index contributed by atoms with van der Waals surface area (Å²) in [7, 11) is 3.69. The lowest BCUT2D eigenvalue weighted by Crippen LogP contribution is -2.23. The Bertz CT molecular complexity index is 827. The molecule has 3 rings (SSSR count). The molecule has 1 saturated heterocycles. The molecule has 0 spiro atoms. The van der Waals surface area contributed by atoms with E-state index in [1.807, 2.05) is 21.0 Å². The Kier molecular flexibility index (Phi) is 6.93. The first-order chi connectivity index (χ1) is 13.4. The van der Waals surface area contributed by atoms with Crippen LogP contribution in [0.1, 0.15) is 47.8 Å². The molecule has 7 heteroatoms. The number of benzene rings is 1. The van der Waals surface area contributed by atoms with E-state index in [4.69, 9.17) is 9.47 Å². The fourth-order valence-electron chi connectivity index (χ4n) is 2.87. The van der Waals surface area contributed by atoms with Crippen molar-refractivity contribution in [2.75, 3.05) is 20.7 Å². The van der Waals surface area contributed by atoms with Crippen molar-refractivity contribution in [2.24, 2.45) is 0 Å². The van der Waals surface area contributed by atoms with E-state index in [1.54, 1.807) is 23.2 Å². The van der Waals surface area contributed by atoms with Crippen LogP contribution >= 0.6 is 11.3 Å². The number of thiazole rings is 1. The second kappa shape index (κ2) is 9.41. The van der Waals surface area contributed by atoms with E-state index >= 15 is 0 Å². The molecule has 0 aliphatic carbocycles. The molecule has 2 heterocycles. The van der Waals surface area contributed by atoms with Crippen molar-refractivity contribution in [3.63, 3.8) is 0 Å². The zero-order valence-corrected chi connectivity index (χ0v) is 17.2. The summed E-state index contributed by atoms with van der Waals surface area (Å²) in [4.78, 5) is 19.8. The molecule has 1 unspecified atom stereocenters. The largest absolute Gasteiger partial charge is 0.383 e. The normalized spacial score (nSPS) is 18.4. The van der Waals surface area contributed by atoms with Crippen LogP contribution in [0, 0.1) is 5.82 Å². The minimum Gasteiger partial charge on any atom is -0.383 e. The van der Waals surface area contributed by atoms with Crippen LogP contribution in [0.2, 0.25) is 0 Å². The number of ether oxygens (including phenoxy) is 2. The summed E-state index contributed by atoms with van der Waals surface area (Å²) in [6, 6.07) is 6.09. The number of aromatic nitrogens is 1. The van der Waals surface area contributed by atoms with Crippen molar-refractivity contribution >= 4 is 17.1 Å². The standard InChI is InChI=1S/C21H25FN2O3S/c1-14(27-18-6-4-5-13-26-18)21-23-19(17(25)11-12-24(2)3)20(28-21)15-7-9-16(22)10-8-15/h7-12,14,18H,4-6,13H2,1-3H3/b12-11+/t14-,18?/m0/s1. The number of ketones is 1. The van der Waals surface area contributed by atoms with Gasteiger partial charge in [0.2, 0.25) is 5.78 Å². The zero-order valence-electron chi connectivity index (χ0n) is 16.4. The number of allylic oxidation sites excluding steroid dienone is 1. The number of halogens is 1. The number of nitrogens with zero attached hydrogens (tertiary/aromatic N) is 2. The van der Waals surface area contributed by atoms with Crippen LogP contribution in [0.3, 0.4) is 0 Å². The maximum atomic E-state index is 13.3. The number of carbonyl (C=O) groups excluding carboxylic acids is 1. The number of hydrogen-bond donors (Lipinski definition) is 0. The lowest BCUT2D eigenvalue weighted by Gasteiger charge is -2.25. The highest BCUT2D eigenvalue weighted by Gasteiger charge is 2.24. The molecule has 0 saturated carbocycles. The summed E-state index contributed by atoms with van der Waals surface area (Å²) in [6.07, 6.45) is 5.62. The first kappa shape index (κ1) is 20.6. The maximum Gasteiger partial charge on any atom is 0.207 e. The second-order valence-electron chi connectivity index (χ2n) is 6.95. The number of hydrogen-bond acceptors (Lipinski definition) is 6. The predicted molar refractivity (Wildman–Crippen MR) is 108 cm³/mol. The first-order valence-corrected chi connectivity index (χ1v) is 10.2. The molecule has 1 aliphatic rings. The molecule has 1 aliphatic heterocycles. The molecule has 2 aromatic rings. The molecule has 0 radical (unpaired) electrons. The third kappa shape index (κ3) is 5.25. The minimum absolute atomic E-state index is 0.198. The van der Waals surface area contributed by atoms with Crippen molar-refractivity contribution < 1.29 is 18.7 Å². The molecule has 0 N–H and O–H groups in total. The Hall–Kier alpha value is -2.09. The van der Waals surface area contributed by atoms with Crippen molar-refractivity contribution in [1.29, 1.82) is 0 Å². The van der Waals surface area contributed by atoms with Crippen LogP contribution in [0.25, 0.3) is 10.4 Å². The highest BCUT2D eigenvalue weighted by molar-refractivity contribution is 7.15. The lowest BCUT2D eigenvalue weighted by molar-refractivity contribution is -0.186. The first-order valence-electron chi connectivity index (χ1n) is 9.36. The molecule has 1 aromatic carbocycles. The minimum atomic E-state index is -0.319. The van der Waals surface area contributed by atoms with Gasteiger partial charge >= 0.3 is 0 Å². The van der Waals surface area contributed by atoms with Gasteiger partial charge in [-0.3, -0.25) is 4.79 Å². The van der Waals surface area contributed by atoms with Crippen LogP contribution in [-0.4, -0.2) is 42.7 Å². The van der Waals surface area contributed by atoms with Crippen LogP contribution in [0.5, 0.6) is 0 Å². The molecule has 150 valence electrons. The Labute approximate surface area is 168 Å². The van der Waals surface area contributed by atoms with Gasteiger partial charge in [-0.25, -0.2) is 9.37 Å². The second-order valence-corrected chi connectivity index (χ2v) is 7.99. The molecule has 0 bridgehead atoms. The van der Waals surface area contributed by atoms with E-state index in [9.17, 15) is 9.18 Å². The van der Waals surface area contributed by atoms with Crippen LogP contribution < -0.4 is 0 Å². The Morgan fingerprint density at radius 1 is 1.36 bits per heavy atom. The molecule has 5 nitrogen and oxygen atoms in total. The van der Waals surface area contributed by atoms with Gasteiger partial charge in [-0.05, 0) is 43.9 Å². The summed E-state index contributed by atoms with van der Waals surface area (Å²) < 4.78 is 25.0. The fourth-order valence-corrected chi connectivity index (χ4v) is 3.94. The van der Waals surface area contributed by atoms with Crippen LogP contribution in [0.4, 0.5) is 4.39 Å². The quantitative estimate of drug-likeness (QED) is 0.490. The van der Waals surface area contributed by atoms with E-state index in [0.29, 0.717) is 22.2 Å². The summed E-state index contributed by atoms with van der Waals surface area (Å²) in [5, 5.41) is 0.704. The summed E-state index contributed by atoms with van der Waals surface area (Å²) in [5.41, 5.74) is 1.11. The van der Waals surface area contributed by atoms with Gasteiger partial charge in [0.1, 0.15) is 22.6 Å². The topological polar surface area (TPSA) is 51.7 Å². The average molecular weight is 405 g/mol. The summed E-state index contributed by atoms with van der Waals surface area (Å²) in [5.74, 6) is -0.517. The van der Waals surface area contributed by atoms with Gasteiger partial charge in [0.05, 0.1) is 4.88 Å². The number of carbonyl (C=O) groups is 1. The van der Waals surface area contributed by atoms with Crippen molar-refractivity contribution in [2.45, 2.75) is 38.6 Å². The Balaban J connectivity index is 1.89. The number of rotatable bonds is 7. The highest BCUT2D eigenvalue weighted by atomic mass is 32.1. The van der Waals surface area contributed by atoms with Gasteiger partial charge in [-0.15, -0.1) is 11.3 Å². The van der Waals surface area contributed by atoms with E-state index in [0.717, 1.165) is 24.8 Å². The Morgan fingerprint density at radius 3 is 2.75 bits per heavy atom. The van der Waals surface area contributed by atoms with Gasteiger partial charge in [0.25, 0.3) is 0 Å². The summed E-state index contributed by atoms with van der Waals surface area (Å²) in [6.45, 7) is 2.62. The molecular weight excluding hydrogens is 379 g/mol. The maximum absolute atomic E-state index is 13.3. The molecule has 2 atom stereocenters. The predicted octanol–water partition coefficient (Wildman–Crippen LogP) is 4.81. The average Bonchev–Trinajstić information content (AvgIpc) is 3.13. The molecule has 1 aromatic heterocycles. The summed E-state index contributed by atoms with van der Waals surface area (Å²) >= 11 is 1.40. The molecular formula is C21H25FN2O3S. The lowest BCUT2D eigenvalue weighted by atomic mass is 10.1. The van der Waals surface area contributed by atoms with Gasteiger partial charge in [-0.1, -0.05) is 12.1 Å². The Morgan fingerprint density at radius 2 is 2.11 bits per heavy atom. The van der Waals surface area contributed by atoms with Gasteiger partial charge < -0.3 is 14.4 Å². The van der Waals surface area contributed by atoms with E-state index < -0.39 is 0 Å². The van der Waals surface area contributed by atoms with E-state index in [2.05, 4.69) is 4.98 Å². The highest BCUT2D eigenvalue weighted by Crippen LogP contribution is 2.35. The zero-order chi connectivity index (χ0) is 20.1. The van der Waals surface area contributed by atoms with Gasteiger partial charge in [-0.2, -0.15) is 0 Å². The van der Waals surface area contributed by atoms with E-state index in [-0.39, 0.29) is 24.0 Å². The molecule has 28 heavy (non-hydrogen) atoms. The third-order valence-corrected chi connectivity index (χ3v) is 5.61. The third-order valence-electron chi connectivity index (χ3n) is 4.35. The fraction of sp³-hybridized carbons (Fsp3) is 0.429. The molecule has 1 fully saturated rings. The van der Waals surface area contributed by atoms with Crippen molar-refractivity contribution in [3.8, 4) is 10.4 Å². The van der Waals surface area contributed by atoms with Crippen LogP contribution in [0.15, 0.2) is 36.5 Å². The van der Waals surface area contributed by atoms with E-state index in [1.165, 1.54) is 29.5 Å². The monoisotopic (exact) mass is 404 g/mol. The van der Waals surface area contributed by atoms with Gasteiger partial charge in [0.15, 0.2) is 6.29 Å². The van der Waals surface area contributed by atoms with Crippen molar-refractivity contribution in [1.82, 2.24) is 9.88 Å². The van der Waals surface area contributed by atoms with Crippen molar-refractivity contribution in [3.05, 3.63) is 53.1 Å². The van der Waals surface area contributed by atoms with Gasteiger partial charge in [0, 0.05) is 33.0 Å². The smallest absolute Gasteiger partial charge is 0.207 e. The van der Waals surface area contributed by atoms with Crippen LogP contribution in [-0.2, 0) is 9.47 Å². The SMILES string of the molecule is C[C@H](OC1CCCCO1)c1nc(C(=O)/C=C/N(C)C)c(-c2ccc(F)cc2)s1. The molecule has 0 amide bonds.